The second kappa shape index (κ2) is 27.8. The van der Waals surface area contributed by atoms with Gasteiger partial charge in [-0.2, -0.15) is 101 Å². The van der Waals surface area contributed by atoms with Crippen LogP contribution < -0.4 is 0 Å². The molecule has 64 heteroatoms. The minimum absolute atomic E-state index is 2.09. The van der Waals surface area contributed by atoms with Gasteiger partial charge in [-0.15, -0.1) is 0 Å². The molecule has 0 aliphatic carbocycles. The van der Waals surface area contributed by atoms with Crippen LogP contribution in [-0.4, -0.2) is 268 Å². The van der Waals surface area contributed by atoms with Crippen LogP contribution in [0.2, 0.25) is 0 Å². The summed E-state index contributed by atoms with van der Waals surface area (Å²) in [4.78, 5) is 0. The fourth-order valence-electron chi connectivity index (χ4n) is 6.08. The average molecular weight is 1470 g/mol. The van der Waals surface area contributed by atoms with E-state index in [0.29, 0.717) is 0 Å². The molecular weight excluding hydrogens is 1430 g/mol. The summed E-state index contributed by atoms with van der Waals surface area (Å²) in [6, 6.07) is 0. The zero-order chi connectivity index (χ0) is 64.2. The highest BCUT2D eigenvalue weighted by atomic mass is 32.3. The first kappa shape index (κ1) is 76.4. The number of rotatable bonds is 35. The highest BCUT2D eigenvalue weighted by molar-refractivity contribution is 7.83. The maximum Gasteiger partial charge on any atom is 0.397 e. The van der Waals surface area contributed by atoms with Crippen molar-refractivity contribution in [1.29, 1.82) is 0 Å². The third kappa shape index (κ3) is 31.3. The first-order valence-corrected chi connectivity index (χ1v) is 34.8. The van der Waals surface area contributed by atoms with Crippen LogP contribution in [0.25, 0.3) is 0 Å². The van der Waals surface area contributed by atoms with Crippen molar-refractivity contribution in [3.63, 3.8) is 0 Å². The summed E-state index contributed by atoms with van der Waals surface area (Å²) in [5, 5.41) is 0. The molecule has 0 unspecified atom stereocenters. The number of hydrogen-bond donors (Lipinski definition) is 12. The smallest absolute Gasteiger partial charge is 0.347 e. The average Bonchev–Trinajstić information content (AvgIpc) is 3.16. The van der Waals surface area contributed by atoms with Crippen molar-refractivity contribution in [1.82, 2.24) is 0 Å². The van der Waals surface area contributed by atoms with Crippen LogP contribution in [0.3, 0.4) is 0 Å². The highest BCUT2D eigenvalue weighted by Crippen LogP contribution is 2.35. The second-order valence-electron chi connectivity index (χ2n) is 14.2. The molecule has 0 radical (unpaired) electrons. The molecule has 14 atom stereocenters. The van der Waals surface area contributed by atoms with Crippen LogP contribution in [0.1, 0.15) is 0 Å². The predicted octanol–water partition coefficient (Wildman–Crippen LogP) is -10.0. The number of hydrogen-bond acceptors (Lipinski definition) is 40. The van der Waals surface area contributed by atoms with E-state index in [9.17, 15) is 147 Å². The first-order valence-electron chi connectivity index (χ1n) is 18.4. The Kier molecular flexibility index (Phi) is 25.9. The maximum atomic E-state index is 12.3. The third-order valence-electron chi connectivity index (χ3n) is 8.20. The lowest BCUT2D eigenvalue weighted by atomic mass is 9.99. The van der Waals surface area contributed by atoms with Crippen molar-refractivity contribution in [3.8, 4) is 0 Å². The summed E-state index contributed by atoms with van der Waals surface area (Å²) in [5.41, 5.74) is 0. The van der Waals surface area contributed by atoms with E-state index < -0.39 is 237 Å². The van der Waals surface area contributed by atoms with E-state index in [2.05, 4.69) is 50.2 Å². The van der Waals surface area contributed by atoms with Crippen molar-refractivity contribution in [2.75, 3.05) is 26.4 Å². The van der Waals surface area contributed by atoms with Crippen LogP contribution in [0.5, 0.6) is 0 Å². The summed E-state index contributed by atoms with van der Waals surface area (Å²) < 4.78 is 467. The van der Waals surface area contributed by atoms with Gasteiger partial charge in [0.1, 0.15) is 61.0 Å². The lowest BCUT2D eigenvalue weighted by Crippen LogP contribution is -2.64. The topological polar surface area (TPSA) is 800 Å². The van der Waals surface area contributed by atoms with Gasteiger partial charge < -0.3 is 18.9 Å². The maximum absolute atomic E-state index is 12.3. The molecule has 52 nitrogen and oxygen atoms in total. The molecule has 2 rings (SSSR count). The van der Waals surface area contributed by atoms with Crippen molar-refractivity contribution >= 4 is 125 Å². The third-order valence-corrected chi connectivity index (χ3v) is 13.8. The Hall–Kier alpha value is -1.72. The standard InChI is InChI=1S/C18H34O52S12/c19-71(20,21)57-3-5-9(63-75(31,32)33)13(67-79(43,44)45)15(69-81(49,50)51)17(59-5)55-1-7(61-73(25,26)27)11(65-77(37,38)39)12(66-78(40,41)42)8(62-74(28,29)30)2-56-18-16(70-82(52,53)54)14(68-80(46,47)48)10(64-76(34,35)36)6(60-18)4-58-72(22,23)24/h5-18H,1-4H2,(H,19,20,21)(H,22,23,24)(H,25,26,27)(H,28,29,30)(H,31,32,33)(H,34,35,36)(H,37,38,39)(H,40,41,42)(H,43,44,45)(H,46,47,48)(H,49,50,51)(H,52,53,54)/t5-,6-,7-,8-,9-,10-,11-,12-,13+,14+,15-,16-,17-,18-/m1/s1. The molecule has 0 aromatic heterocycles. The van der Waals surface area contributed by atoms with Crippen LogP contribution >= 0.6 is 0 Å². The van der Waals surface area contributed by atoms with Gasteiger partial charge in [0.05, 0.1) is 26.4 Å². The Morgan fingerprint density at radius 1 is 0.280 bits per heavy atom. The largest absolute Gasteiger partial charge is 0.397 e. The lowest BCUT2D eigenvalue weighted by Gasteiger charge is -2.43. The van der Waals surface area contributed by atoms with Gasteiger partial charge in [0.15, 0.2) is 24.8 Å². The molecular formula is C18H34O52S12. The summed E-state index contributed by atoms with van der Waals surface area (Å²) >= 11 is 0. The molecule has 0 bridgehead atoms. The summed E-state index contributed by atoms with van der Waals surface area (Å²) in [6.45, 7) is -9.34. The zero-order valence-electron chi connectivity index (χ0n) is 37.5. The van der Waals surface area contributed by atoms with Gasteiger partial charge in [-0.1, -0.05) is 0 Å². The van der Waals surface area contributed by atoms with Crippen LogP contribution in [-0.2, 0) is 194 Å². The van der Waals surface area contributed by atoms with Gasteiger partial charge in [-0.05, 0) is 0 Å². The van der Waals surface area contributed by atoms with Crippen LogP contribution in [0.15, 0.2) is 0 Å². The second-order valence-corrected chi connectivity index (χ2v) is 26.9. The van der Waals surface area contributed by atoms with Crippen molar-refractivity contribution in [3.05, 3.63) is 0 Å². The van der Waals surface area contributed by atoms with Crippen LogP contribution in [0, 0.1) is 0 Å². The molecule has 0 aromatic rings. The van der Waals surface area contributed by atoms with Crippen molar-refractivity contribution < 1.29 is 225 Å². The summed E-state index contributed by atoms with van der Waals surface area (Å²) in [7, 11) is -76.5. The van der Waals surface area contributed by atoms with Gasteiger partial charge >= 0.3 is 125 Å². The van der Waals surface area contributed by atoms with E-state index >= 15 is 0 Å². The van der Waals surface area contributed by atoms with Crippen molar-refractivity contribution in [2.24, 2.45) is 0 Å². The minimum Gasteiger partial charge on any atom is -0.347 e. The monoisotopic (exact) mass is 1470 g/mol. The molecule has 2 saturated heterocycles. The lowest BCUT2D eigenvalue weighted by molar-refractivity contribution is -0.294. The molecule has 2 heterocycles. The van der Waals surface area contributed by atoms with E-state index in [-0.39, 0.29) is 0 Å². The Balaban J connectivity index is 3.14. The minimum atomic E-state index is -6.76. The quantitative estimate of drug-likeness (QED) is 0.0262. The molecule has 2 aliphatic heterocycles. The Morgan fingerprint density at radius 3 is 0.707 bits per heavy atom. The van der Waals surface area contributed by atoms with Crippen molar-refractivity contribution in [2.45, 2.75) is 85.8 Å². The summed E-state index contributed by atoms with van der Waals surface area (Å²) in [6.07, 6.45) is -50.0. The Labute approximate surface area is 459 Å². The van der Waals surface area contributed by atoms with E-state index in [1.54, 1.807) is 0 Å². The first-order chi connectivity index (χ1) is 36.1. The summed E-state index contributed by atoms with van der Waals surface area (Å²) in [5.74, 6) is 0. The SMILES string of the molecule is O=S(=O)(O)OC[C@H]1O[C@@H](OC[C@@H](OS(=O)(=O)O)[C@@H](OS(=O)(=O)O)[C@H](OS(=O)(=O)O)[C@@H](CO[C@@H]2O[C@H](COS(=O)(=O)O)[C@@H](OS(=O)(=O)O)[C@H](OS(=O)(=O)O)[C@H]2OS(=O)(=O)O)OS(=O)(=O)O)[C@H](OS(=O)(=O)O)[C@@H](OS(=O)(=O)O)[C@@H]1OS(=O)(=O)O. The van der Waals surface area contributed by atoms with Crippen LogP contribution in [0.4, 0.5) is 0 Å². The van der Waals surface area contributed by atoms with Gasteiger partial charge in [-0.25, -0.2) is 50.2 Å². The molecule has 2 fully saturated rings. The fourth-order valence-corrected chi connectivity index (χ4v) is 11.7. The molecule has 490 valence electrons. The number of ether oxygens (including phenoxy) is 4. The van der Waals surface area contributed by atoms with Gasteiger partial charge in [0, 0.05) is 0 Å². The van der Waals surface area contributed by atoms with Gasteiger partial charge in [0.25, 0.3) is 0 Å². The highest BCUT2D eigenvalue weighted by Gasteiger charge is 2.57. The normalized spacial score (nSPS) is 27.1. The van der Waals surface area contributed by atoms with E-state index in [1.807, 2.05) is 0 Å². The molecule has 2 aliphatic rings. The molecule has 0 amide bonds. The zero-order valence-corrected chi connectivity index (χ0v) is 47.3. The predicted molar refractivity (Wildman–Crippen MR) is 228 cm³/mol. The van der Waals surface area contributed by atoms with E-state index in [0.717, 1.165) is 0 Å². The van der Waals surface area contributed by atoms with Gasteiger partial charge in [0.2, 0.25) is 0 Å². The van der Waals surface area contributed by atoms with Gasteiger partial charge in [-0.3, -0.25) is 54.6 Å². The Morgan fingerprint density at radius 2 is 0.500 bits per heavy atom. The fraction of sp³-hybridized carbons (Fsp3) is 1.00. The molecule has 0 saturated carbocycles. The molecule has 82 heavy (non-hydrogen) atoms. The molecule has 12 N–H and O–H groups in total. The Bertz CT molecular complexity index is 3390. The molecule has 0 aromatic carbocycles. The van der Waals surface area contributed by atoms with E-state index in [1.165, 1.54) is 0 Å². The molecule has 0 spiro atoms. The van der Waals surface area contributed by atoms with E-state index in [4.69, 9.17) is 28.1 Å².